The third-order valence-corrected chi connectivity index (χ3v) is 4.88. The molecule has 98 valence electrons. The first kappa shape index (κ1) is 12.9. The quantitative estimate of drug-likeness (QED) is 0.825. The van der Waals surface area contributed by atoms with Crippen LogP contribution < -0.4 is 0 Å². The minimum atomic E-state index is 0.144. The van der Waals surface area contributed by atoms with Crippen LogP contribution >= 0.6 is 15.9 Å². The molecule has 2 heteroatoms. The van der Waals surface area contributed by atoms with Gasteiger partial charge >= 0.3 is 0 Å². The normalized spacial score (nSPS) is 25.6. The fourth-order valence-corrected chi connectivity index (χ4v) is 3.82. The zero-order chi connectivity index (χ0) is 13.5. The van der Waals surface area contributed by atoms with Gasteiger partial charge in [0.05, 0.1) is 0 Å². The molecule has 2 unspecified atom stereocenters. The van der Waals surface area contributed by atoms with Gasteiger partial charge in [-0.15, -0.1) is 0 Å². The Morgan fingerprint density at radius 3 is 2.21 bits per heavy atom. The van der Waals surface area contributed by atoms with Crippen molar-refractivity contribution in [2.45, 2.75) is 17.9 Å². The molecule has 0 aromatic heterocycles. The Hall–Kier alpha value is -1.12. The molecule has 2 aromatic rings. The minimum absolute atomic E-state index is 0.144. The largest absolute Gasteiger partial charge is 0.305 e. The zero-order valence-electron chi connectivity index (χ0n) is 11.3. The predicted octanol–water partition coefficient (Wildman–Crippen LogP) is 4.07. The van der Waals surface area contributed by atoms with Crippen LogP contribution in [0, 0.1) is 0 Å². The Morgan fingerprint density at radius 2 is 1.63 bits per heavy atom. The summed E-state index contributed by atoms with van der Waals surface area (Å²) in [6.07, 6.45) is 1.19. The molecule has 0 spiro atoms. The summed E-state index contributed by atoms with van der Waals surface area (Å²) < 4.78 is 1.21. The smallest absolute Gasteiger partial charge is 0.0384 e. The van der Waals surface area contributed by atoms with Crippen LogP contribution in [-0.4, -0.2) is 25.0 Å². The van der Waals surface area contributed by atoms with Crippen molar-refractivity contribution in [3.8, 4) is 0 Å². The Labute approximate surface area is 123 Å². The molecule has 2 aromatic carbocycles. The zero-order valence-corrected chi connectivity index (χ0v) is 12.9. The summed E-state index contributed by atoms with van der Waals surface area (Å²) in [4.78, 5) is 2.34. The number of hydrogen-bond donors (Lipinski definition) is 0. The van der Waals surface area contributed by atoms with Gasteiger partial charge in [-0.1, -0.05) is 64.5 Å². The Morgan fingerprint density at radius 1 is 1.00 bits per heavy atom. The molecule has 3 rings (SSSR count). The number of benzene rings is 2. The van der Waals surface area contributed by atoms with E-state index in [1.54, 1.807) is 0 Å². The highest BCUT2D eigenvalue weighted by molar-refractivity contribution is 9.10. The highest BCUT2D eigenvalue weighted by Crippen LogP contribution is 2.57. The molecule has 2 atom stereocenters. The van der Waals surface area contributed by atoms with E-state index in [4.69, 9.17) is 0 Å². The average Bonchev–Trinajstić information content (AvgIpc) is 3.17. The first-order valence-corrected chi connectivity index (χ1v) is 7.42. The van der Waals surface area contributed by atoms with Gasteiger partial charge in [0.25, 0.3) is 0 Å². The van der Waals surface area contributed by atoms with Crippen molar-refractivity contribution in [2.24, 2.45) is 0 Å². The summed E-state index contributed by atoms with van der Waals surface area (Å²) in [6, 6.07) is 20.1. The number of hydrogen-bond acceptors (Lipinski definition) is 1. The van der Waals surface area contributed by atoms with Crippen molar-refractivity contribution in [1.29, 1.82) is 0 Å². The van der Waals surface area contributed by atoms with Crippen molar-refractivity contribution in [2.75, 3.05) is 14.1 Å². The highest BCUT2D eigenvalue weighted by Gasteiger charge is 2.58. The fraction of sp³-hybridized carbons (Fsp3) is 0.294. The summed E-state index contributed by atoms with van der Waals surface area (Å²) in [5.41, 5.74) is 2.96. The highest BCUT2D eigenvalue weighted by atomic mass is 79.9. The Kier molecular flexibility index (Phi) is 3.23. The van der Waals surface area contributed by atoms with Crippen LogP contribution in [-0.2, 0) is 5.41 Å². The maximum Gasteiger partial charge on any atom is 0.0384 e. The van der Waals surface area contributed by atoms with E-state index in [0.29, 0.717) is 6.04 Å². The van der Waals surface area contributed by atoms with Crippen LogP contribution in [0.4, 0.5) is 0 Å². The lowest BCUT2D eigenvalue weighted by molar-refractivity contribution is 0.374. The Bertz CT molecular complexity index is 579. The molecule has 0 bridgehead atoms. The lowest BCUT2D eigenvalue weighted by Gasteiger charge is -2.23. The number of nitrogens with zero attached hydrogens (tertiary/aromatic N) is 1. The van der Waals surface area contributed by atoms with E-state index in [0.717, 1.165) is 0 Å². The summed E-state index contributed by atoms with van der Waals surface area (Å²) in [7, 11) is 4.35. The predicted molar refractivity (Wildman–Crippen MR) is 83.5 cm³/mol. The third-order valence-electron chi connectivity index (χ3n) is 4.19. The van der Waals surface area contributed by atoms with Gasteiger partial charge in [-0.2, -0.15) is 0 Å². The second kappa shape index (κ2) is 4.77. The lowest BCUT2D eigenvalue weighted by atomic mass is 9.87. The molecule has 1 nitrogen and oxygen atoms in total. The number of rotatable bonds is 3. The molecule has 1 aliphatic carbocycles. The van der Waals surface area contributed by atoms with Crippen molar-refractivity contribution in [3.63, 3.8) is 0 Å². The van der Waals surface area contributed by atoms with Gasteiger partial charge in [-0.3, -0.25) is 0 Å². The second-order valence-electron chi connectivity index (χ2n) is 5.50. The molecule has 0 aliphatic heterocycles. The van der Waals surface area contributed by atoms with E-state index in [9.17, 15) is 0 Å². The number of halogens is 1. The van der Waals surface area contributed by atoms with Gasteiger partial charge in [-0.25, -0.2) is 0 Å². The second-order valence-corrected chi connectivity index (χ2v) is 6.36. The minimum Gasteiger partial charge on any atom is -0.305 e. The lowest BCUT2D eigenvalue weighted by Crippen LogP contribution is -2.25. The fourth-order valence-electron chi connectivity index (χ4n) is 3.18. The maximum absolute atomic E-state index is 3.73. The van der Waals surface area contributed by atoms with Gasteiger partial charge < -0.3 is 4.90 Å². The summed E-state index contributed by atoms with van der Waals surface area (Å²) in [6.45, 7) is 0. The Balaban J connectivity index is 2.13. The van der Waals surface area contributed by atoms with Crippen LogP contribution in [0.25, 0.3) is 0 Å². The molecule has 0 radical (unpaired) electrons. The molecule has 0 amide bonds. The van der Waals surface area contributed by atoms with E-state index in [1.807, 2.05) is 0 Å². The molecule has 0 N–H and O–H groups in total. The summed E-state index contributed by atoms with van der Waals surface area (Å²) >= 11 is 3.73. The molecule has 1 saturated carbocycles. The standard InChI is InChI=1S/C17H18BrN/c1-19(2)16-12-17(16,13-8-4-3-5-9-13)14-10-6-7-11-15(14)18/h3-11,16H,12H2,1-2H3. The summed E-state index contributed by atoms with van der Waals surface area (Å²) in [5, 5.41) is 0. The van der Waals surface area contributed by atoms with Gasteiger partial charge in [0.2, 0.25) is 0 Å². The van der Waals surface area contributed by atoms with Crippen LogP contribution in [0.2, 0.25) is 0 Å². The van der Waals surface area contributed by atoms with Crippen molar-refractivity contribution in [3.05, 3.63) is 70.2 Å². The van der Waals surface area contributed by atoms with E-state index < -0.39 is 0 Å². The molecular weight excluding hydrogens is 298 g/mol. The summed E-state index contributed by atoms with van der Waals surface area (Å²) in [5.74, 6) is 0. The van der Waals surface area contributed by atoms with Crippen LogP contribution in [0.1, 0.15) is 17.5 Å². The number of likely N-dealkylation sites (N-methyl/N-ethyl adjacent to an activating group) is 1. The monoisotopic (exact) mass is 315 g/mol. The van der Waals surface area contributed by atoms with Gasteiger partial charge in [-0.05, 0) is 37.7 Å². The van der Waals surface area contributed by atoms with E-state index in [1.165, 1.54) is 22.0 Å². The molecule has 1 fully saturated rings. The SMILES string of the molecule is CN(C)C1CC1(c1ccccc1)c1ccccc1Br. The van der Waals surface area contributed by atoms with Crippen molar-refractivity contribution < 1.29 is 0 Å². The van der Waals surface area contributed by atoms with Gasteiger partial charge in [0, 0.05) is 15.9 Å². The average molecular weight is 316 g/mol. The van der Waals surface area contributed by atoms with Crippen molar-refractivity contribution >= 4 is 15.9 Å². The molecule has 0 heterocycles. The van der Waals surface area contributed by atoms with Gasteiger partial charge in [0.1, 0.15) is 0 Å². The maximum atomic E-state index is 3.73. The van der Waals surface area contributed by atoms with Gasteiger partial charge in [0.15, 0.2) is 0 Å². The molecule has 0 saturated heterocycles. The third kappa shape index (κ3) is 2.03. The molecular formula is C17H18BrN. The van der Waals surface area contributed by atoms with Crippen molar-refractivity contribution in [1.82, 2.24) is 4.90 Å². The first-order valence-electron chi connectivity index (χ1n) is 6.63. The van der Waals surface area contributed by atoms with E-state index in [-0.39, 0.29) is 5.41 Å². The van der Waals surface area contributed by atoms with E-state index in [2.05, 4.69) is 89.5 Å². The first-order chi connectivity index (χ1) is 9.16. The molecule has 1 aliphatic rings. The van der Waals surface area contributed by atoms with Crippen LogP contribution in [0.15, 0.2) is 59.1 Å². The molecule has 19 heavy (non-hydrogen) atoms. The van der Waals surface area contributed by atoms with Crippen LogP contribution in [0.3, 0.4) is 0 Å². The topological polar surface area (TPSA) is 3.24 Å². The van der Waals surface area contributed by atoms with Crippen LogP contribution in [0.5, 0.6) is 0 Å². The van der Waals surface area contributed by atoms with E-state index >= 15 is 0 Å².